The van der Waals surface area contributed by atoms with Crippen LogP contribution >= 0.6 is 34.3 Å². The summed E-state index contributed by atoms with van der Waals surface area (Å²) in [6.45, 7) is 3.03. The van der Waals surface area contributed by atoms with Gasteiger partial charge in [0.1, 0.15) is 10.7 Å². The minimum atomic E-state index is 0.0217. The summed E-state index contributed by atoms with van der Waals surface area (Å²) in [5, 5.41) is 7.58. The molecule has 1 aromatic carbocycles. The Labute approximate surface area is 159 Å². The number of carbonyl (C=O) groups is 1. The van der Waals surface area contributed by atoms with Gasteiger partial charge in [-0.1, -0.05) is 11.6 Å². The van der Waals surface area contributed by atoms with Crippen molar-refractivity contribution in [3.05, 3.63) is 57.2 Å². The largest absolute Gasteiger partial charge is 0.368 e. The van der Waals surface area contributed by atoms with Crippen LogP contribution in [0.3, 0.4) is 0 Å². The van der Waals surface area contributed by atoms with Gasteiger partial charge in [0.05, 0.1) is 0 Å². The summed E-state index contributed by atoms with van der Waals surface area (Å²) in [7, 11) is 0. The van der Waals surface area contributed by atoms with E-state index in [1.165, 1.54) is 11.3 Å². The molecular formula is C18H16ClN3OS2. The fourth-order valence-electron chi connectivity index (χ4n) is 2.87. The van der Waals surface area contributed by atoms with E-state index in [-0.39, 0.29) is 5.91 Å². The second-order valence-corrected chi connectivity index (χ2v) is 7.88. The molecule has 0 radical (unpaired) electrons. The summed E-state index contributed by atoms with van der Waals surface area (Å²) in [4.78, 5) is 21.4. The summed E-state index contributed by atoms with van der Waals surface area (Å²) in [5.41, 5.74) is 2.78. The van der Waals surface area contributed by atoms with Crippen LogP contribution in [-0.2, 0) is 0 Å². The minimum absolute atomic E-state index is 0.0217. The molecule has 2 aromatic heterocycles. The zero-order valence-electron chi connectivity index (χ0n) is 13.4. The molecule has 0 N–H and O–H groups in total. The maximum absolute atomic E-state index is 12.7. The first kappa shape index (κ1) is 16.6. The van der Waals surface area contributed by atoms with Crippen LogP contribution in [0.4, 0.5) is 5.69 Å². The Morgan fingerprint density at radius 1 is 1.04 bits per heavy atom. The van der Waals surface area contributed by atoms with Gasteiger partial charge in [0.2, 0.25) is 0 Å². The van der Waals surface area contributed by atoms with E-state index in [0.717, 1.165) is 34.4 Å². The van der Waals surface area contributed by atoms with Crippen molar-refractivity contribution in [1.82, 2.24) is 9.88 Å². The molecular weight excluding hydrogens is 374 g/mol. The Kier molecular flexibility index (Phi) is 4.74. The lowest BCUT2D eigenvalue weighted by Gasteiger charge is -2.35. The number of anilines is 1. The van der Waals surface area contributed by atoms with Crippen molar-refractivity contribution >= 4 is 45.9 Å². The van der Waals surface area contributed by atoms with Crippen molar-refractivity contribution in [3.8, 4) is 10.6 Å². The molecule has 1 aliphatic heterocycles. The van der Waals surface area contributed by atoms with Gasteiger partial charge in [-0.25, -0.2) is 4.98 Å². The van der Waals surface area contributed by atoms with Crippen molar-refractivity contribution in [1.29, 1.82) is 0 Å². The molecule has 1 aliphatic rings. The quantitative estimate of drug-likeness (QED) is 0.662. The highest BCUT2D eigenvalue weighted by molar-refractivity contribution is 7.14. The summed E-state index contributed by atoms with van der Waals surface area (Å²) >= 11 is 9.11. The molecule has 0 spiro atoms. The smallest absolute Gasteiger partial charge is 0.273 e. The maximum Gasteiger partial charge on any atom is 0.273 e. The molecule has 0 saturated carbocycles. The second kappa shape index (κ2) is 7.15. The number of piperazine rings is 1. The number of hydrogen-bond donors (Lipinski definition) is 0. The Morgan fingerprint density at radius 3 is 2.48 bits per heavy atom. The number of amides is 1. The van der Waals surface area contributed by atoms with Gasteiger partial charge >= 0.3 is 0 Å². The molecule has 3 heterocycles. The molecule has 4 nitrogen and oxygen atoms in total. The fourth-order valence-corrected chi connectivity index (χ4v) is 4.50. The Hall–Kier alpha value is -1.89. The van der Waals surface area contributed by atoms with Crippen molar-refractivity contribution < 1.29 is 4.79 Å². The molecule has 7 heteroatoms. The topological polar surface area (TPSA) is 36.4 Å². The predicted molar refractivity (Wildman–Crippen MR) is 105 cm³/mol. The summed E-state index contributed by atoms with van der Waals surface area (Å²) < 4.78 is 0. The average Bonchev–Trinajstić information content (AvgIpc) is 3.33. The van der Waals surface area contributed by atoms with Crippen LogP contribution in [0.1, 0.15) is 10.5 Å². The Bertz CT molecular complexity index is 853. The summed E-state index contributed by atoms with van der Waals surface area (Å²) in [6.07, 6.45) is 0. The number of hydrogen-bond acceptors (Lipinski definition) is 5. The highest BCUT2D eigenvalue weighted by Gasteiger charge is 2.24. The first-order chi connectivity index (χ1) is 12.2. The van der Waals surface area contributed by atoms with Crippen LogP contribution in [0.25, 0.3) is 10.6 Å². The molecule has 0 bridgehead atoms. The van der Waals surface area contributed by atoms with Crippen molar-refractivity contribution in [2.75, 3.05) is 31.1 Å². The number of thiazole rings is 1. The molecule has 0 aliphatic carbocycles. The first-order valence-corrected chi connectivity index (χ1v) is 10.2. The third kappa shape index (κ3) is 3.56. The monoisotopic (exact) mass is 389 g/mol. The van der Waals surface area contributed by atoms with Gasteiger partial charge < -0.3 is 9.80 Å². The van der Waals surface area contributed by atoms with Crippen LogP contribution in [0.15, 0.2) is 46.5 Å². The molecule has 25 heavy (non-hydrogen) atoms. The van der Waals surface area contributed by atoms with E-state index < -0.39 is 0 Å². The number of nitrogens with zero attached hydrogens (tertiary/aromatic N) is 3. The molecule has 128 valence electrons. The second-order valence-electron chi connectivity index (χ2n) is 5.81. The molecule has 1 fully saturated rings. The molecule has 0 unspecified atom stereocenters. The molecule has 3 aromatic rings. The van der Waals surface area contributed by atoms with Crippen LogP contribution in [0, 0.1) is 0 Å². The van der Waals surface area contributed by atoms with Gasteiger partial charge in [0.15, 0.2) is 0 Å². The normalized spacial score (nSPS) is 14.8. The lowest BCUT2D eigenvalue weighted by atomic mass is 10.2. The number of carbonyl (C=O) groups excluding carboxylic acids is 1. The van der Waals surface area contributed by atoms with Crippen LogP contribution in [-0.4, -0.2) is 42.0 Å². The summed E-state index contributed by atoms with van der Waals surface area (Å²) in [6, 6.07) is 9.87. The van der Waals surface area contributed by atoms with Crippen LogP contribution in [0.5, 0.6) is 0 Å². The van der Waals surface area contributed by atoms with E-state index in [0.29, 0.717) is 18.8 Å². The minimum Gasteiger partial charge on any atom is -0.368 e. The number of halogens is 1. The van der Waals surface area contributed by atoms with Gasteiger partial charge in [0, 0.05) is 53.2 Å². The van der Waals surface area contributed by atoms with Gasteiger partial charge in [-0.2, -0.15) is 11.3 Å². The van der Waals surface area contributed by atoms with Gasteiger partial charge in [-0.3, -0.25) is 4.79 Å². The molecule has 0 atom stereocenters. The lowest BCUT2D eigenvalue weighted by Crippen LogP contribution is -2.48. The Balaban J connectivity index is 1.40. The molecule has 4 rings (SSSR count). The zero-order chi connectivity index (χ0) is 17.2. The number of aromatic nitrogens is 1. The Morgan fingerprint density at radius 2 is 1.80 bits per heavy atom. The summed E-state index contributed by atoms with van der Waals surface area (Å²) in [5.74, 6) is 0.0217. The average molecular weight is 390 g/mol. The standard InChI is InChI=1S/C18H16ClN3OS2/c19-14-1-3-15(4-2-14)21-6-8-22(9-7-21)18(23)16-12-25-17(20-16)13-5-10-24-11-13/h1-5,10-12H,6-9H2. The van der Waals surface area contributed by atoms with Crippen molar-refractivity contribution in [3.63, 3.8) is 0 Å². The highest BCUT2D eigenvalue weighted by atomic mass is 35.5. The van der Waals surface area contributed by atoms with Gasteiger partial charge in [-0.15, -0.1) is 11.3 Å². The number of thiophene rings is 1. The van der Waals surface area contributed by atoms with E-state index in [4.69, 9.17) is 11.6 Å². The first-order valence-electron chi connectivity index (χ1n) is 7.98. The van der Waals surface area contributed by atoms with E-state index in [1.807, 2.05) is 46.0 Å². The van der Waals surface area contributed by atoms with E-state index in [2.05, 4.69) is 15.3 Å². The zero-order valence-corrected chi connectivity index (χ0v) is 15.8. The third-order valence-corrected chi connectivity index (χ3v) is 6.08. The van der Waals surface area contributed by atoms with Gasteiger partial charge in [-0.05, 0) is 35.7 Å². The third-order valence-electron chi connectivity index (χ3n) is 4.25. The SMILES string of the molecule is O=C(c1csc(-c2ccsc2)n1)N1CCN(c2ccc(Cl)cc2)CC1. The fraction of sp³-hybridized carbons (Fsp3) is 0.222. The van der Waals surface area contributed by atoms with Crippen LogP contribution in [0.2, 0.25) is 5.02 Å². The number of benzene rings is 1. The molecule has 1 amide bonds. The molecule has 1 saturated heterocycles. The highest BCUT2D eigenvalue weighted by Crippen LogP contribution is 2.26. The van der Waals surface area contributed by atoms with E-state index in [9.17, 15) is 4.79 Å². The van der Waals surface area contributed by atoms with E-state index in [1.54, 1.807) is 11.3 Å². The lowest BCUT2D eigenvalue weighted by molar-refractivity contribution is 0.0742. The predicted octanol–water partition coefficient (Wildman–Crippen LogP) is 4.49. The van der Waals surface area contributed by atoms with Crippen molar-refractivity contribution in [2.24, 2.45) is 0 Å². The van der Waals surface area contributed by atoms with Crippen molar-refractivity contribution in [2.45, 2.75) is 0 Å². The van der Waals surface area contributed by atoms with Crippen LogP contribution < -0.4 is 4.90 Å². The van der Waals surface area contributed by atoms with Gasteiger partial charge in [0.25, 0.3) is 5.91 Å². The number of rotatable bonds is 3. The maximum atomic E-state index is 12.7. The van der Waals surface area contributed by atoms with E-state index >= 15 is 0 Å².